The molecule has 0 aromatic carbocycles. The van der Waals surface area contributed by atoms with Gasteiger partial charge in [0.2, 0.25) is 0 Å². The number of Topliss-reactive ketones (excluding diaryl/α,β-unsaturated/α-hetero) is 1. The Hall–Kier alpha value is -1.11. The molecule has 3 atom stereocenters. The van der Waals surface area contributed by atoms with E-state index in [0.29, 0.717) is 11.7 Å². The van der Waals surface area contributed by atoms with Crippen LogP contribution in [-0.2, 0) is 4.79 Å². The van der Waals surface area contributed by atoms with Gasteiger partial charge in [0.25, 0.3) is 0 Å². The normalized spacial score (nSPS) is 42.5. The van der Waals surface area contributed by atoms with Gasteiger partial charge in [-0.3, -0.25) is 4.79 Å². The predicted octanol–water partition coefficient (Wildman–Crippen LogP) is 3.04. The van der Waals surface area contributed by atoms with Gasteiger partial charge in [-0.2, -0.15) is 0 Å². The van der Waals surface area contributed by atoms with Crippen LogP contribution in [0.3, 0.4) is 0 Å². The van der Waals surface area contributed by atoms with Crippen molar-refractivity contribution in [3.63, 3.8) is 0 Å². The van der Waals surface area contributed by atoms with E-state index in [4.69, 9.17) is 0 Å². The smallest absolute Gasteiger partial charge is 0.150 e. The molecule has 0 N–H and O–H groups in total. The molecule has 0 aliphatic heterocycles. The van der Waals surface area contributed by atoms with Crippen LogP contribution in [0.25, 0.3) is 0 Å². The van der Waals surface area contributed by atoms with E-state index in [-0.39, 0.29) is 11.3 Å². The number of hydrogen-bond donors (Lipinski definition) is 0. The van der Waals surface area contributed by atoms with E-state index in [0.717, 1.165) is 12.8 Å². The molecule has 1 fully saturated rings. The maximum absolute atomic E-state index is 12.5. The molecule has 0 aromatic rings. The Labute approximate surface area is 90.6 Å². The zero-order valence-corrected chi connectivity index (χ0v) is 8.86. The topological polar surface area (TPSA) is 17.1 Å². The van der Waals surface area contributed by atoms with Crippen LogP contribution in [0.15, 0.2) is 36.5 Å². The summed E-state index contributed by atoms with van der Waals surface area (Å²) < 4.78 is 0. The Balaban J connectivity index is 2.14. The molecular weight excluding hydrogens is 184 g/mol. The van der Waals surface area contributed by atoms with E-state index in [9.17, 15) is 4.79 Å². The van der Waals surface area contributed by atoms with Gasteiger partial charge in [-0.15, -0.1) is 0 Å². The van der Waals surface area contributed by atoms with Gasteiger partial charge >= 0.3 is 0 Å². The van der Waals surface area contributed by atoms with Gasteiger partial charge in [-0.25, -0.2) is 0 Å². The van der Waals surface area contributed by atoms with Crippen molar-refractivity contribution < 1.29 is 4.79 Å². The second-order valence-electron chi connectivity index (χ2n) is 4.92. The minimum atomic E-state index is -0.152. The van der Waals surface area contributed by atoms with Crippen LogP contribution >= 0.6 is 0 Å². The lowest BCUT2D eigenvalue weighted by Gasteiger charge is -2.29. The standard InChI is InChI=1S/C14H16O/c15-13-11-5-1-2-9-14(13)10-4-8-12(14)7-3-6-11/h1-3,5,7,9,11-12H,4,6,8,10H2/t11-,12-,14+/m1/s1. The monoisotopic (exact) mass is 200 g/mol. The van der Waals surface area contributed by atoms with Crippen molar-refractivity contribution >= 4 is 5.78 Å². The molecule has 78 valence electrons. The van der Waals surface area contributed by atoms with E-state index >= 15 is 0 Å². The number of carbonyl (C=O) groups is 1. The lowest BCUT2D eigenvalue weighted by molar-refractivity contribution is -0.129. The fraction of sp³-hybridized carbons (Fsp3) is 0.500. The summed E-state index contributed by atoms with van der Waals surface area (Å²) in [7, 11) is 0. The highest BCUT2D eigenvalue weighted by Crippen LogP contribution is 2.50. The third-order valence-electron chi connectivity index (χ3n) is 4.17. The zero-order valence-electron chi connectivity index (χ0n) is 8.86. The first-order chi connectivity index (χ1) is 7.33. The lowest BCUT2D eigenvalue weighted by atomic mass is 9.72. The number of fused-ring (bicyclic) bond motifs is 1. The van der Waals surface area contributed by atoms with Gasteiger partial charge in [0.15, 0.2) is 5.78 Å². The Bertz CT molecular complexity index is 375. The highest BCUT2D eigenvalue weighted by molar-refractivity contribution is 5.92. The maximum atomic E-state index is 12.5. The molecule has 15 heavy (non-hydrogen) atoms. The van der Waals surface area contributed by atoms with Crippen molar-refractivity contribution in [2.45, 2.75) is 25.7 Å². The second kappa shape index (κ2) is 3.19. The molecule has 3 rings (SSSR count). The van der Waals surface area contributed by atoms with E-state index in [1.165, 1.54) is 12.8 Å². The minimum Gasteiger partial charge on any atom is -0.298 e. The minimum absolute atomic E-state index is 0.124. The summed E-state index contributed by atoms with van der Waals surface area (Å²) in [6.07, 6.45) is 17.2. The molecule has 0 amide bonds. The number of hydrogen-bond acceptors (Lipinski definition) is 1. The molecule has 1 heteroatoms. The van der Waals surface area contributed by atoms with Gasteiger partial charge in [0.05, 0.1) is 5.41 Å². The molecule has 0 aromatic heterocycles. The number of carbonyl (C=O) groups excluding carboxylic acids is 1. The van der Waals surface area contributed by atoms with Crippen molar-refractivity contribution in [2.24, 2.45) is 17.3 Å². The molecule has 0 saturated heterocycles. The fourth-order valence-electron chi connectivity index (χ4n) is 3.35. The van der Waals surface area contributed by atoms with E-state index in [2.05, 4.69) is 30.4 Å². The summed E-state index contributed by atoms with van der Waals surface area (Å²) in [6, 6.07) is 0. The average molecular weight is 200 g/mol. The molecule has 1 spiro atoms. The summed E-state index contributed by atoms with van der Waals surface area (Å²) in [5, 5.41) is 0. The Morgan fingerprint density at radius 3 is 3.13 bits per heavy atom. The average Bonchev–Trinajstić information content (AvgIpc) is 2.54. The Morgan fingerprint density at radius 1 is 1.27 bits per heavy atom. The highest BCUT2D eigenvalue weighted by atomic mass is 16.1. The number of rotatable bonds is 0. The number of allylic oxidation sites excluding steroid dienone is 6. The quantitative estimate of drug-likeness (QED) is 0.549. The first-order valence-electron chi connectivity index (χ1n) is 5.90. The largest absolute Gasteiger partial charge is 0.298 e. The lowest BCUT2D eigenvalue weighted by Crippen LogP contribution is -2.34. The molecule has 0 unspecified atom stereocenters. The molecular formula is C14H16O. The fourth-order valence-corrected chi connectivity index (χ4v) is 3.35. The van der Waals surface area contributed by atoms with Gasteiger partial charge in [-0.05, 0) is 25.2 Å². The summed E-state index contributed by atoms with van der Waals surface area (Å²) in [6.45, 7) is 0. The van der Waals surface area contributed by atoms with E-state index in [1.807, 2.05) is 6.08 Å². The first-order valence-corrected chi connectivity index (χ1v) is 5.90. The van der Waals surface area contributed by atoms with Crippen LogP contribution in [0.5, 0.6) is 0 Å². The molecule has 1 nitrogen and oxygen atoms in total. The van der Waals surface area contributed by atoms with Crippen molar-refractivity contribution in [2.75, 3.05) is 0 Å². The van der Waals surface area contributed by atoms with Gasteiger partial charge < -0.3 is 0 Å². The van der Waals surface area contributed by atoms with Crippen molar-refractivity contribution in [1.82, 2.24) is 0 Å². The molecule has 3 aliphatic carbocycles. The molecule has 0 radical (unpaired) electrons. The molecule has 1 saturated carbocycles. The van der Waals surface area contributed by atoms with Gasteiger partial charge in [0, 0.05) is 5.92 Å². The summed E-state index contributed by atoms with van der Waals surface area (Å²) in [4.78, 5) is 12.5. The summed E-state index contributed by atoms with van der Waals surface area (Å²) >= 11 is 0. The van der Waals surface area contributed by atoms with Gasteiger partial charge in [-0.1, -0.05) is 42.9 Å². The van der Waals surface area contributed by atoms with Crippen LogP contribution < -0.4 is 0 Å². The van der Waals surface area contributed by atoms with Crippen molar-refractivity contribution in [1.29, 1.82) is 0 Å². The third kappa shape index (κ3) is 1.19. The van der Waals surface area contributed by atoms with Crippen LogP contribution in [0.1, 0.15) is 25.7 Å². The Kier molecular flexibility index (Phi) is 1.95. The van der Waals surface area contributed by atoms with Crippen LogP contribution in [0, 0.1) is 17.3 Å². The summed E-state index contributed by atoms with van der Waals surface area (Å²) in [5.41, 5.74) is -0.152. The summed E-state index contributed by atoms with van der Waals surface area (Å²) in [5.74, 6) is 1.05. The molecule has 3 aliphatic rings. The SMILES string of the molecule is O=C1[C@@H]2C=CC=C[C@@]13CCC[C@H]3C=CC2. The van der Waals surface area contributed by atoms with Crippen LogP contribution in [-0.4, -0.2) is 5.78 Å². The van der Waals surface area contributed by atoms with Crippen molar-refractivity contribution in [3.05, 3.63) is 36.5 Å². The van der Waals surface area contributed by atoms with Gasteiger partial charge in [0.1, 0.15) is 0 Å². The Morgan fingerprint density at radius 2 is 2.20 bits per heavy atom. The predicted molar refractivity (Wildman–Crippen MR) is 60.3 cm³/mol. The maximum Gasteiger partial charge on any atom is 0.150 e. The van der Waals surface area contributed by atoms with Crippen LogP contribution in [0.4, 0.5) is 0 Å². The zero-order chi connectivity index (χ0) is 10.3. The van der Waals surface area contributed by atoms with E-state index in [1.54, 1.807) is 0 Å². The van der Waals surface area contributed by atoms with Crippen molar-refractivity contribution in [3.8, 4) is 0 Å². The van der Waals surface area contributed by atoms with Crippen LogP contribution in [0.2, 0.25) is 0 Å². The third-order valence-corrected chi connectivity index (χ3v) is 4.17. The highest BCUT2D eigenvalue weighted by Gasteiger charge is 2.48. The first kappa shape index (κ1) is 9.14. The number of ketones is 1. The molecule has 2 bridgehead atoms. The molecule has 0 heterocycles. The van der Waals surface area contributed by atoms with E-state index < -0.39 is 0 Å². The second-order valence-corrected chi connectivity index (χ2v) is 4.92.